The van der Waals surface area contributed by atoms with E-state index < -0.39 is 22.7 Å². The van der Waals surface area contributed by atoms with E-state index in [1.807, 2.05) is 0 Å². The maximum absolute atomic E-state index is 11.6. The molecule has 138 valence electrons. The molecule has 1 aromatic heterocycles. The highest BCUT2D eigenvalue weighted by molar-refractivity contribution is 5.86. The molecule has 0 aliphatic heterocycles. The van der Waals surface area contributed by atoms with Gasteiger partial charge in [0.15, 0.2) is 0 Å². The summed E-state index contributed by atoms with van der Waals surface area (Å²) in [6, 6.07) is 2.47. The SMILES string of the molecule is COc1nc2cc([N+](=O)[O-])cc(CC(CC(N)=O)C(N)=O)c2nc1OC. The molecule has 0 bridgehead atoms. The first kappa shape index (κ1) is 18.8. The fourth-order valence-corrected chi connectivity index (χ4v) is 2.49. The van der Waals surface area contributed by atoms with E-state index in [9.17, 15) is 19.7 Å². The molecular formula is C15H17N5O6. The number of benzene rings is 1. The van der Waals surface area contributed by atoms with Gasteiger partial charge in [-0.3, -0.25) is 19.7 Å². The number of non-ortho nitro benzene ring substituents is 1. The van der Waals surface area contributed by atoms with Gasteiger partial charge in [-0.15, -0.1) is 0 Å². The molecule has 0 fully saturated rings. The Labute approximate surface area is 147 Å². The topological polar surface area (TPSA) is 174 Å². The molecule has 1 unspecified atom stereocenters. The fraction of sp³-hybridized carbons (Fsp3) is 0.333. The number of carbonyl (C=O) groups is 2. The monoisotopic (exact) mass is 363 g/mol. The van der Waals surface area contributed by atoms with Crippen molar-refractivity contribution in [2.45, 2.75) is 12.8 Å². The maximum atomic E-state index is 11.6. The highest BCUT2D eigenvalue weighted by atomic mass is 16.6. The zero-order chi connectivity index (χ0) is 19.4. The van der Waals surface area contributed by atoms with Crippen LogP contribution in [0.2, 0.25) is 0 Å². The van der Waals surface area contributed by atoms with Crippen LogP contribution in [0.4, 0.5) is 5.69 Å². The number of nitrogens with zero attached hydrogens (tertiary/aromatic N) is 3. The molecule has 2 amide bonds. The Kier molecular flexibility index (Phi) is 5.50. The smallest absolute Gasteiger partial charge is 0.278 e. The standard InChI is InChI=1S/C15H17N5O6/c1-25-14-15(26-2)19-12-7(3-8(13(17)22)5-11(16)21)4-9(20(23)24)6-10(12)18-14/h4,6,8H,3,5H2,1-2H3,(H2,16,21)(H2,17,22). The summed E-state index contributed by atoms with van der Waals surface area (Å²) in [5.74, 6) is -2.28. The van der Waals surface area contributed by atoms with E-state index in [0.717, 1.165) is 0 Å². The van der Waals surface area contributed by atoms with Crippen LogP contribution >= 0.6 is 0 Å². The Balaban J connectivity index is 2.66. The van der Waals surface area contributed by atoms with E-state index >= 15 is 0 Å². The van der Waals surface area contributed by atoms with Gasteiger partial charge in [-0.1, -0.05) is 0 Å². The molecule has 0 aliphatic carbocycles. The van der Waals surface area contributed by atoms with E-state index in [1.165, 1.54) is 26.4 Å². The number of ether oxygens (including phenoxy) is 2. The van der Waals surface area contributed by atoms with Crippen molar-refractivity contribution in [3.8, 4) is 11.8 Å². The fourth-order valence-electron chi connectivity index (χ4n) is 2.49. The minimum absolute atomic E-state index is 0.0510. The lowest BCUT2D eigenvalue weighted by Crippen LogP contribution is -2.29. The van der Waals surface area contributed by atoms with E-state index in [4.69, 9.17) is 20.9 Å². The van der Waals surface area contributed by atoms with Crippen molar-refractivity contribution in [3.63, 3.8) is 0 Å². The summed E-state index contributed by atoms with van der Waals surface area (Å²) >= 11 is 0. The van der Waals surface area contributed by atoms with E-state index in [-0.39, 0.29) is 41.3 Å². The molecule has 1 aromatic carbocycles. The molecule has 0 radical (unpaired) electrons. The van der Waals surface area contributed by atoms with Crippen LogP contribution in [0.25, 0.3) is 11.0 Å². The average Bonchev–Trinajstić information content (AvgIpc) is 2.59. The second kappa shape index (κ2) is 7.59. The summed E-state index contributed by atoms with van der Waals surface area (Å²) in [4.78, 5) is 41.8. The second-order valence-electron chi connectivity index (χ2n) is 5.45. The Bertz CT molecular complexity index is 884. The van der Waals surface area contributed by atoms with Gasteiger partial charge in [0.1, 0.15) is 5.52 Å². The molecule has 2 rings (SSSR count). The highest BCUT2D eigenvalue weighted by Crippen LogP contribution is 2.31. The number of amides is 2. The van der Waals surface area contributed by atoms with Crippen LogP contribution in [-0.2, 0) is 16.0 Å². The van der Waals surface area contributed by atoms with Gasteiger partial charge >= 0.3 is 0 Å². The van der Waals surface area contributed by atoms with Crippen LogP contribution in [0.5, 0.6) is 11.8 Å². The number of primary amides is 2. The van der Waals surface area contributed by atoms with E-state index in [1.54, 1.807) is 0 Å². The van der Waals surface area contributed by atoms with Crippen molar-refractivity contribution in [1.82, 2.24) is 9.97 Å². The number of nitro groups is 1. The lowest BCUT2D eigenvalue weighted by atomic mass is 9.94. The molecule has 0 saturated heterocycles. The second-order valence-corrected chi connectivity index (χ2v) is 5.45. The maximum Gasteiger partial charge on any atom is 0.278 e. The number of rotatable bonds is 8. The van der Waals surface area contributed by atoms with Gasteiger partial charge in [0.2, 0.25) is 11.8 Å². The molecule has 26 heavy (non-hydrogen) atoms. The van der Waals surface area contributed by atoms with Crippen molar-refractivity contribution in [2.24, 2.45) is 17.4 Å². The molecule has 4 N–H and O–H groups in total. The van der Waals surface area contributed by atoms with Gasteiger partial charge in [0.05, 0.1) is 30.6 Å². The minimum atomic E-state index is -0.937. The van der Waals surface area contributed by atoms with Gasteiger partial charge in [-0.25, -0.2) is 9.97 Å². The first-order chi connectivity index (χ1) is 12.3. The zero-order valence-electron chi connectivity index (χ0n) is 14.1. The quantitative estimate of drug-likeness (QED) is 0.489. The molecule has 1 heterocycles. The van der Waals surface area contributed by atoms with Crippen LogP contribution < -0.4 is 20.9 Å². The Hall–Kier alpha value is -3.50. The first-order valence-electron chi connectivity index (χ1n) is 7.41. The predicted octanol–water partition coefficient (Wildman–Crippen LogP) is 0.0746. The average molecular weight is 363 g/mol. The van der Waals surface area contributed by atoms with Crippen molar-refractivity contribution in [3.05, 3.63) is 27.8 Å². The summed E-state index contributed by atoms with van der Waals surface area (Å²) in [5, 5.41) is 11.2. The van der Waals surface area contributed by atoms with E-state index in [0.29, 0.717) is 5.56 Å². The number of carbonyl (C=O) groups excluding carboxylic acids is 2. The number of hydrogen-bond donors (Lipinski definition) is 2. The predicted molar refractivity (Wildman–Crippen MR) is 89.5 cm³/mol. The lowest BCUT2D eigenvalue weighted by molar-refractivity contribution is -0.384. The van der Waals surface area contributed by atoms with Gasteiger partial charge in [0, 0.05) is 18.6 Å². The van der Waals surface area contributed by atoms with E-state index in [2.05, 4.69) is 9.97 Å². The Morgan fingerprint density at radius 2 is 1.81 bits per heavy atom. The lowest BCUT2D eigenvalue weighted by Gasteiger charge is -2.14. The van der Waals surface area contributed by atoms with Crippen LogP contribution in [-0.4, -0.2) is 40.9 Å². The van der Waals surface area contributed by atoms with Crippen LogP contribution in [0.3, 0.4) is 0 Å². The van der Waals surface area contributed by atoms with Crippen molar-refractivity contribution >= 4 is 28.5 Å². The molecular weight excluding hydrogens is 346 g/mol. The molecule has 1 atom stereocenters. The Morgan fingerprint density at radius 3 is 2.31 bits per heavy atom. The summed E-state index contributed by atoms with van der Waals surface area (Å²) in [6.07, 6.45) is -0.360. The summed E-state index contributed by atoms with van der Waals surface area (Å²) in [6.45, 7) is 0. The largest absolute Gasteiger partial charge is 0.477 e. The van der Waals surface area contributed by atoms with Crippen LogP contribution in [0.15, 0.2) is 12.1 Å². The first-order valence-corrected chi connectivity index (χ1v) is 7.41. The number of fused-ring (bicyclic) bond motifs is 1. The molecule has 0 saturated carbocycles. The van der Waals surface area contributed by atoms with Crippen molar-refractivity contribution < 1.29 is 24.0 Å². The number of nitrogens with two attached hydrogens (primary N) is 2. The molecule has 11 nitrogen and oxygen atoms in total. The van der Waals surface area contributed by atoms with Gasteiger partial charge < -0.3 is 20.9 Å². The van der Waals surface area contributed by atoms with Crippen LogP contribution in [0, 0.1) is 16.0 Å². The number of nitro benzene ring substituents is 1. The summed E-state index contributed by atoms with van der Waals surface area (Å²) < 4.78 is 10.1. The third-order valence-electron chi connectivity index (χ3n) is 3.69. The van der Waals surface area contributed by atoms with Crippen molar-refractivity contribution in [1.29, 1.82) is 0 Å². The third kappa shape index (κ3) is 3.94. The van der Waals surface area contributed by atoms with Gasteiger partial charge in [0.25, 0.3) is 17.4 Å². The third-order valence-corrected chi connectivity index (χ3v) is 3.69. The van der Waals surface area contributed by atoms with Gasteiger partial charge in [-0.05, 0) is 12.0 Å². The number of aromatic nitrogens is 2. The normalized spacial score (nSPS) is 11.8. The van der Waals surface area contributed by atoms with Gasteiger partial charge in [-0.2, -0.15) is 0 Å². The number of hydrogen-bond acceptors (Lipinski definition) is 8. The molecule has 0 aliphatic rings. The molecule has 11 heteroatoms. The Morgan fingerprint density at radius 1 is 1.19 bits per heavy atom. The number of methoxy groups -OCH3 is 2. The summed E-state index contributed by atoms with van der Waals surface area (Å²) in [5.41, 5.74) is 11.0. The van der Waals surface area contributed by atoms with Crippen molar-refractivity contribution in [2.75, 3.05) is 14.2 Å². The zero-order valence-corrected chi connectivity index (χ0v) is 14.1. The highest BCUT2D eigenvalue weighted by Gasteiger charge is 2.24. The summed E-state index contributed by atoms with van der Waals surface area (Å²) in [7, 11) is 2.72. The molecule has 2 aromatic rings. The van der Waals surface area contributed by atoms with Crippen LogP contribution in [0.1, 0.15) is 12.0 Å². The molecule has 0 spiro atoms. The minimum Gasteiger partial charge on any atom is -0.477 e.